The Hall–Kier alpha value is -0.630. The second kappa shape index (κ2) is 6.01. The predicted molar refractivity (Wildman–Crippen MR) is 71.3 cm³/mol. The lowest BCUT2D eigenvalue weighted by molar-refractivity contribution is 0.378. The van der Waals surface area contributed by atoms with E-state index in [-0.39, 0.29) is 23.5 Å². The van der Waals surface area contributed by atoms with Crippen molar-refractivity contribution in [2.75, 3.05) is 20.1 Å². The first-order valence-electron chi connectivity index (χ1n) is 5.70. The molecule has 0 bridgehead atoms. The molecule has 2 heterocycles. The zero-order chi connectivity index (χ0) is 12.5. The maximum Gasteiger partial charge on any atom is 0.262 e. The number of imidazole rings is 1. The molecule has 1 atom stereocenters. The first-order valence-corrected chi connectivity index (χ1v) is 7.14. The third-order valence-corrected chi connectivity index (χ3v) is 4.85. The summed E-state index contributed by atoms with van der Waals surface area (Å²) in [6.07, 6.45) is 4.88. The summed E-state index contributed by atoms with van der Waals surface area (Å²) in [5.74, 6) is 0. The van der Waals surface area contributed by atoms with Gasteiger partial charge in [-0.15, -0.1) is 12.4 Å². The Labute approximate surface area is 114 Å². The second-order valence-corrected chi connectivity index (χ2v) is 6.18. The van der Waals surface area contributed by atoms with Crippen LogP contribution in [0.25, 0.3) is 0 Å². The Morgan fingerprint density at radius 1 is 1.56 bits per heavy atom. The molecule has 1 N–H and O–H groups in total. The van der Waals surface area contributed by atoms with Crippen LogP contribution in [-0.2, 0) is 17.1 Å². The lowest BCUT2D eigenvalue weighted by Gasteiger charge is -2.22. The number of aromatic nitrogens is 2. The number of nitrogens with one attached hydrogen (secondary N) is 1. The first-order chi connectivity index (χ1) is 8.05. The molecule has 0 aliphatic carbocycles. The number of nitrogens with zero attached hydrogens (tertiary/aromatic N) is 3. The molecule has 18 heavy (non-hydrogen) atoms. The van der Waals surface area contributed by atoms with Gasteiger partial charge >= 0.3 is 0 Å². The van der Waals surface area contributed by atoms with Crippen molar-refractivity contribution in [2.24, 2.45) is 7.05 Å². The fourth-order valence-electron chi connectivity index (χ4n) is 2.21. The Balaban J connectivity index is 0.00000162. The summed E-state index contributed by atoms with van der Waals surface area (Å²) in [5.41, 5.74) is 0. The summed E-state index contributed by atoms with van der Waals surface area (Å²) < 4.78 is 27.9. The van der Waals surface area contributed by atoms with Gasteiger partial charge in [0, 0.05) is 32.4 Å². The van der Waals surface area contributed by atoms with Crippen LogP contribution >= 0.6 is 12.4 Å². The van der Waals surface area contributed by atoms with Gasteiger partial charge in [0.05, 0.1) is 6.33 Å². The number of rotatable bonds is 4. The van der Waals surface area contributed by atoms with Gasteiger partial charge in [0.1, 0.15) is 0 Å². The van der Waals surface area contributed by atoms with E-state index < -0.39 is 10.0 Å². The number of hydrogen-bond donors (Lipinski definition) is 1. The topological polar surface area (TPSA) is 67.2 Å². The molecule has 0 radical (unpaired) electrons. The van der Waals surface area contributed by atoms with Gasteiger partial charge in [0.15, 0.2) is 5.03 Å². The molecular formula is C10H19ClN4O2S. The summed E-state index contributed by atoms with van der Waals surface area (Å²) in [5, 5.41) is 3.18. The van der Waals surface area contributed by atoms with Crippen molar-refractivity contribution in [3.05, 3.63) is 12.5 Å². The SMILES string of the molecule is CNCC1CCCN1S(=O)(=O)c1cn(C)cn1.Cl. The predicted octanol–water partition coefficient (Wildman–Crippen LogP) is 0.214. The van der Waals surface area contributed by atoms with Gasteiger partial charge in [-0.2, -0.15) is 4.31 Å². The monoisotopic (exact) mass is 294 g/mol. The van der Waals surface area contributed by atoms with Crippen molar-refractivity contribution < 1.29 is 8.42 Å². The Bertz CT molecular complexity index is 488. The molecule has 0 amide bonds. The third-order valence-electron chi connectivity index (χ3n) is 3.02. The molecule has 8 heteroatoms. The zero-order valence-corrected chi connectivity index (χ0v) is 12.2. The van der Waals surface area contributed by atoms with E-state index in [9.17, 15) is 8.42 Å². The highest BCUT2D eigenvalue weighted by molar-refractivity contribution is 7.89. The summed E-state index contributed by atoms with van der Waals surface area (Å²) >= 11 is 0. The van der Waals surface area contributed by atoms with Crippen molar-refractivity contribution in [1.29, 1.82) is 0 Å². The van der Waals surface area contributed by atoms with Gasteiger partial charge in [-0.3, -0.25) is 0 Å². The highest BCUT2D eigenvalue weighted by Crippen LogP contribution is 2.24. The van der Waals surface area contributed by atoms with Crippen LogP contribution in [0.2, 0.25) is 0 Å². The fourth-order valence-corrected chi connectivity index (χ4v) is 3.87. The Kier molecular flexibility index (Phi) is 5.15. The summed E-state index contributed by atoms with van der Waals surface area (Å²) in [6.45, 7) is 1.28. The lowest BCUT2D eigenvalue weighted by Crippen LogP contribution is -2.40. The van der Waals surface area contributed by atoms with E-state index in [1.165, 1.54) is 6.33 Å². The third kappa shape index (κ3) is 2.85. The van der Waals surface area contributed by atoms with Crippen LogP contribution in [0.3, 0.4) is 0 Å². The minimum Gasteiger partial charge on any atom is -0.339 e. The molecule has 0 aromatic carbocycles. The number of aryl methyl sites for hydroxylation is 1. The van der Waals surface area contributed by atoms with Crippen LogP contribution in [0.1, 0.15) is 12.8 Å². The molecule has 0 spiro atoms. The van der Waals surface area contributed by atoms with Crippen LogP contribution in [-0.4, -0.2) is 48.5 Å². The van der Waals surface area contributed by atoms with Gasteiger partial charge < -0.3 is 9.88 Å². The number of hydrogen-bond acceptors (Lipinski definition) is 4. The Morgan fingerprint density at radius 3 is 2.83 bits per heavy atom. The van der Waals surface area contributed by atoms with Gasteiger partial charge in [-0.05, 0) is 19.9 Å². The van der Waals surface area contributed by atoms with Crippen molar-refractivity contribution in [1.82, 2.24) is 19.2 Å². The second-order valence-electron chi connectivity index (χ2n) is 4.35. The molecule has 1 aliphatic rings. The molecule has 1 aromatic heterocycles. The molecule has 0 saturated carbocycles. The highest BCUT2D eigenvalue weighted by Gasteiger charge is 2.35. The number of sulfonamides is 1. The van der Waals surface area contributed by atoms with Gasteiger partial charge in [0.2, 0.25) is 0 Å². The van der Waals surface area contributed by atoms with Crippen molar-refractivity contribution in [3.8, 4) is 0 Å². The smallest absolute Gasteiger partial charge is 0.262 e. The molecule has 1 aromatic rings. The van der Waals surface area contributed by atoms with Crippen molar-refractivity contribution in [3.63, 3.8) is 0 Å². The van der Waals surface area contributed by atoms with Crippen LogP contribution in [0.15, 0.2) is 17.6 Å². The van der Waals surface area contributed by atoms with E-state index in [0.29, 0.717) is 13.1 Å². The largest absolute Gasteiger partial charge is 0.339 e. The van der Waals surface area contributed by atoms with E-state index in [0.717, 1.165) is 12.8 Å². The average Bonchev–Trinajstić information content (AvgIpc) is 2.87. The molecule has 6 nitrogen and oxygen atoms in total. The van der Waals surface area contributed by atoms with Crippen LogP contribution in [0.5, 0.6) is 0 Å². The molecule has 2 rings (SSSR count). The van der Waals surface area contributed by atoms with Crippen LogP contribution in [0.4, 0.5) is 0 Å². The normalized spacial score (nSPS) is 20.9. The average molecular weight is 295 g/mol. The van der Waals surface area contributed by atoms with E-state index in [1.54, 1.807) is 22.1 Å². The molecule has 1 saturated heterocycles. The highest BCUT2D eigenvalue weighted by atomic mass is 35.5. The van der Waals surface area contributed by atoms with E-state index in [4.69, 9.17) is 0 Å². The van der Waals surface area contributed by atoms with E-state index in [1.807, 2.05) is 7.05 Å². The Morgan fingerprint density at radius 2 is 2.28 bits per heavy atom. The van der Waals surface area contributed by atoms with E-state index in [2.05, 4.69) is 10.3 Å². The van der Waals surface area contributed by atoms with Crippen LogP contribution in [0, 0.1) is 0 Å². The number of halogens is 1. The van der Waals surface area contributed by atoms with E-state index >= 15 is 0 Å². The fraction of sp³-hybridized carbons (Fsp3) is 0.700. The van der Waals surface area contributed by atoms with Crippen molar-refractivity contribution >= 4 is 22.4 Å². The lowest BCUT2D eigenvalue weighted by atomic mass is 10.2. The zero-order valence-electron chi connectivity index (χ0n) is 10.5. The van der Waals surface area contributed by atoms with Gasteiger partial charge in [-0.1, -0.05) is 0 Å². The van der Waals surface area contributed by atoms with Gasteiger partial charge in [-0.25, -0.2) is 13.4 Å². The first kappa shape index (κ1) is 15.4. The van der Waals surface area contributed by atoms with Crippen molar-refractivity contribution in [2.45, 2.75) is 23.9 Å². The van der Waals surface area contributed by atoms with Crippen LogP contribution < -0.4 is 5.32 Å². The minimum absolute atomic E-state index is 0. The minimum atomic E-state index is -3.43. The summed E-state index contributed by atoms with van der Waals surface area (Å²) in [6, 6.07) is 0.0482. The molecule has 1 fully saturated rings. The standard InChI is InChI=1S/C10H18N4O2S.ClH/c1-11-6-9-4-3-5-14(9)17(15,16)10-7-13(2)8-12-10;/h7-9,11H,3-6H2,1-2H3;1H. The molecule has 1 unspecified atom stereocenters. The summed E-state index contributed by atoms with van der Waals surface area (Å²) in [4.78, 5) is 3.94. The summed E-state index contributed by atoms with van der Waals surface area (Å²) in [7, 11) is 0.174. The molecule has 104 valence electrons. The quantitative estimate of drug-likeness (QED) is 0.862. The number of likely N-dealkylation sites (N-methyl/N-ethyl adjacent to an activating group) is 1. The molecular weight excluding hydrogens is 276 g/mol. The maximum atomic E-state index is 12.4. The maximum absolute atomic E-state index is 12.4. The van der Waals surface area contributed by atoms with Gasteiger partial charge in [0.25, 0.3) is 10.0 Å². The molecule has 1 aliphatic heterocycles.